The average molecular weight is 308 g/mol. The fourth-order valence-electron chi connectivity index (χ4n) is 2.32. The Bertz CT molecular complexity index is 670. The van der Waals surface area contributed by atoms with E-state index in [1.807, 2.05) is 38.1 Å². The van der Waals surface area contributed by atoms with Gasteiger partial charge >= 0.3 is 0 Å². The molecular formula is C14H14ClN3OS. The zero-order valence-corrected chi connectivity index (χ0v) is 12.7. The van der Waals surface area contributed by atoms with Gasteiger partial charge in [0.05, 0.1) is 10.5 Å². The minimum absolute atomic E-state index is 0.00796. The molecule has 0 saturated carbocycles. The third-order valence-electron chi connectivity index (χ3n) is 3.40. The van der Waals surface area contributed by atoms with Gasteiger partial charge in [0.25, 0.3) is 0 Å². The van der Waals surface area contributed by atoms with Gasteiger partial charge in [0.15, 0.2) is 5.82 Å². The lowest BCUT2D eigenvalue weighted by Crippen LogP contribution is -2.21. The van der Waals surface area contributed by atoms with E-state index >= 15 is 0 Å². The molecule has 1 amide bonds. The van der Waals surface area contributed by atoms with E-state index in [0.29, 0.717) is 10.8 Å². The van der Waals surface area contributed by atoms with E-state index in [2.05, 4.69) is 15.5 Å². The van der Waals surface area contributed by atoms with E-state index in [4.69, 9.17) is 11.6 Å². The van der Waals surface area contributed by atoms with E-state index in [1.54, 1.807) is 11.8 Å². The SMILES string of the molecule is Cc1[nH]nc2c1C(c1ccccc1Cl)SC(C)C(=O)N2. The van der Waals surface area contributed by atoms with Crippen molar-refractivity contribution in [2.24, 2.45) is 0 Å². The largest absolute Gasteiger partial charge is 0.308 e. The summed E-state index contributed by atoms with van der Waals surface area (Å²) in [5, 5.41) is 10.5. The van der Waals surface area contributed by atoms with E-state index in [0.717, 1.165) is 16.8 Å². The summed E-state index contributed by atoms with van der Waals surface area (Å²) in [6, 6.07) is 7.74. The number of aromatic nitrogens is 2. The van der Waals surface area contributed by atoms with Gasteiger partial charge in [-0.05, 0) is 25.5 Å². The van der Waals surface area contributed by atoms with E-state index in [1.165, 1.54) is 0 Å². The van der Waals surface area contributed by atoms with Crippen LogP contribution in [0.4, 0.5) is 5.82 Å². The maximum Gasteiger partial charge on any atom is 0.238 e. The van der Waals surface area contributed by atoms with Crippen molar-refractivity contribution in [2.45, 2.75) is 24.3 Å². The fourth-order valence-corrected chi connectivity index (χ4v) is 4.00. The molecule has 2 atom stereocenters. The predicted octanol–water partition coefficient (Wildman–Crippen LogP) is 3.53. The molecule has 0 saturated heterocycles. The molecule has 20 heavy (non-hydrogen) atoms. The van der Waals surface area contributed by atoms with Crippen LogP contribution in [0.5, 0.6) is 0 Å². The van der Waals surface area contributed by atoms with Crippen molar-refractivity contribution in [3.63, 3.8) is 0 Å². The summed E-state index contributed by atoms with van der Waals surface area (Å²) in [6.45, 7) is 3.85. The summed E-state index contributed by atoms with van der Waals surface area (Å²) in [6.07, 6.45) is 0. The molecule has 1 aliphatic rings. The number of hydrogen-bond acceptors (Lipinski definition) is 3. The number of hydrogen-bond donors (Lipinski definition) is 2. The molecule has 2 N–H and O–H groups in total. The molecule has 1 aromatic carbocycles. The quantitative estimate of drug-likeness (QED) is 0.847. The number of carbonyl (C=O) groups is 1. The Hall–Kier alpha value is -1.46. The number of thioether (sulfide) groups is 1. The molecule has 2 aromatic rings. The van der Waals surface area contributed by atoms with Crippen molar-refractivity contribution in [3.05, 3.63) is 46.1 Å². The number of carbonyl (C=O) groups excluding carboxylic acids is 1. The van der Waals surface area contributed by atoms with Crippen LogP contribution in [0.3, 0.4) is 0 Å². The second kappa shape index (κ2) is 5.14. The van der Waals surface area contributed by atoms with Crippen LogP contribution in [0.2, 0.25) is 5.02 Å². The summed E-state index contributed by atoms with van der Waals surface area (Å²) in [5.74, 6) is 0.576. The topological polar surface area (TPSA) is 57.8 Å². The number of nitrogens with zero attached hydrogens (tertiary/aromatic N) is 1. The van der Waals surface area contributed by atoms with Crippen molar-refractivity contribution in [1.82, 2.24) is 10.2 Å². The smallest absolute Gasteiger partial charge is 0.238 e. The first-order valence-electron chi connectivity index (χ1n) is 6.33. The van der Waals surface area contributed by atoms with Gasteiger partial charge in [-0.25, -0.2) is 0 Å². The molecule has 3 rings (SSSR count). The van der Waals surface area contributed by atoms with E-state index in [-0.39, 0.29) is 16.4 Å². The standard InChI is InChI=1S/C14H14ClN3OS/c1-7-11-12(9-5-3-4-6-10(9)15)20-8(2)14(19)16-13(11)18-17-7/h3-6,8,12H,1-2H3,(H2,16,17,18,19). The first kappa shape index (κ1) is 13.5. The molecule has 0 spiro atoms. The lowest BCUT2D eigenvalue weighted by molar-refractivity contribution is -0.115. The number of fused-ring (bicyclic) bond motifs is 1. The molecule has 0 bridgehead atoms. The minimum atomic E-state index is -0.162. The molecule has 0 aliphatic carbocycles. The van der Waals surface area contributed by atoms with Gasteiger partial charge in [0, 0.05) is 16.3 Å². The van der Waals surface area contributed by atoms with Crippen molar-refractivity contribution < 1.29 is 4.79 Å². The second-order valence-corrected chi connectivity index (χ2v) is 6.64. The molecular weight excluding hydrogens is 294 g/mol. The monoisotopic (exact) mass is 307 g/mol. The van der Waals surface area contributed by atoms with Crippen LogP contribution in [0.25, 0.3) is 0 Å². The number of aryl methyl sites for hydroxylation is 1. The zero-order chi connectivity index (χ0) is 14.3. The third-order valence-corrected chi connectivity index (χ3v) is 5.12. The van der Waals surface area contributed by atoms with Crippen LogP contribution in [0.15, 0.2) is 24.3 Å². The van der Waals surface area contributed by atoms with Crippen LogP contribution in [0.1, 0.15) is 29.0 Å². The number of rotatable bonds is 1. The van der Waals surface area contributed by atoms with Gasteiger partial charge in [0.2, 0.25) is 5.91 Å². The summed E-state index contributed by atoms with van der Waals surface area (Å²) >= 11 is 7.92. The fraction of sp³-hybridized carbons (Fsp3) is 0.286. The second-order valence-electron chi connectivity index (χ2n) is 4.78. The first-order chi connectivity index (χ1) is 9.58. The number of H-pyrrole nitrogens is 1. The van der Waals surface area contributed by atoms with Crippen LogP contribution < -0.4 is 5.32 Å². The van der Waals surface area contributed by atoms with Crippen LogP contribution in [-0.2, 0) is 4.79 Å². The lowest BCUT2D eigenvalue weighted by atomic mass is 10.0. The maximum atomic E-state index is 12.0. The Morgan fingerprint density at radius 3 is 2.85 bits per heavy atom. The van der Waals surface area contributed by atoms with Crippen molar-refractivity contribution in [2.75, 3.05) is 5.32 Å². The number of amides is 1. The van der Waals surface area contributed by atoms with Crippen molar-refractivity contribution in [1.29, 1.82) is 0 Å². The lowest BCUT2D eigenvalue weighted by Gasteiger charge is -2.18. The third kappa shape index (κ3) is 2.21. The van der Waals surface area contributed by atoms with Crippen molar-refractivity contribution >= 4 is 35.1 Å². The van der Waals surface area contributed by atoms with Crippen LogP contribution >= 0.6 is 23.4 Å². The Kier molecular flexibility index (Phi) is 3.48. The Morgan fingerprint density at radius 1 is 1.35 bits per heavy atom. The van der Waals surface area contributed by atoms with Gasteiger partial charge in [-0.3, -0.25) is 9.89 Å². The van der Waals surface area contributed by atoms with Crippen molar-refractivity contribution in [3.8, 4) is 0 Å². The molecule has 2 heterocycles. The van der Waals surface area contributed by atoms with Gasteiger partial charge in [0.1, 0.15) is 0 Å². The Labute approximate surface area is 126 Å². The van der Waals surface area contributed by atoms with E-state index in [9.17, 15) is 4.79 Å². The highest BCUT2D eigenvalue weighted by molar-refractivity contribution is 8.01. The van der Waals surface area contributed by atoms with Gasteiger partial charge in [-0.15, -0.1) is 11.8 Å². The number of halogens is 1. The predicted molar refractivity (Wildman–Crippen MR) is 82.3 cm³/mol. The normalized spacial score (nSPS) is 22.1. The van der Waals surface area contributed by atoms with Gasteiger partial charge in [-0.2, -0.15) is 5.10 Å². The minimum Gasteiger partial charge on any atom is -0.308 e. The Balaban J connectivity index is 2.16. The van der Waals surface area contributed by atoms with Gasteiger partial charge in [-0.1, -0.05) is 29.8 Å². The summed E-state index contributed by atoms with van der Waals surface area (Å²) in [5.41, 5.74) is 2.96. The van der Waals surface area contributed by atoms with Crippen LogP contribution in [-0.4, -0.2) is 21.4 Å². The van der Waals surface area contributed by atoms with E-state index < -0.39 is 0 Å². The highest BCUT2D eigenvalue weighted by atomic mass is 35.5. The molecule has 4 nitrogen and oxygen atoms in total. The molecule has 0 radical (unpaired) electrons. The highest BCUT2D eigenvalue weighted by Gasteiger charge is 2.32. The molecule has 2 unspecified atom stereocenters. The molecule has 1 aliphatic heterocycles. The van der Waals surface area contributed by atoms with Gasteiger partial charge < -0.3 is 5.32 Å². The molecule has 1 aromatic heterocycles. The molecule has 0 fully saturated rings. The average Bonchev–Trinajstić information content (AvgIpc) is 2.71. The summed E-state index contributed by atoms with van der Waals surface area (Å²) < 4.78 is 0. The summed E-state index contributed by atoms with van der Waals surface area (Å²) in [7, 11) is 0. The molecule has 104 valence electrons. The highest BCUT2D eigenvalue weighted by Crippen LogP contribution is 2.46. The molecule has 6 heteroatoms. The maximum absolute atomic E-state index is 12.0. The zero-order valence-electron chi connectivity index (χ0n) is 11.1. The number of aromatic amines is 1. The number of nitrogens with one attached hydrogen (secondary N) is 2. The summed E-state index contributed by atoms with van der Waals surface area (Å²) in [4.78, 5) is 12.0. The number of anilines is 1. The van der Waals surface area contributed by atoms with Crippen LogP contribution in [0, 0.1) is 6.92 Å². The Morgan fingerprint density at radius 2 is 2.10 bits per heavy atom. The first-order valence-corrected chi connectivity index (χ1v) is 7.65. The number of benzene rings is 1.